The van der Waals surface area contributed by atoms with Crippen LogP contribution in [0.15, 0.2) is 18.2 Å². The molecule has 1 fully saturated rings. The average Bonchev–Trinajstić information content (AvgIpc) is 2.40. The van der Waals surface area contributed by atoms with Crippen LogP contribution >= 0.6 is 0 Å². The second-order valence-corrected chi connectivity index (χ2v) is 6.08. The number of carbonyl (C=O) groups excluding carboxylic acids is 1. The Balaban J connectivity index is 1.99. The van der Waals surface area contributed by atoms with Gasteiger partial charge in [-0.05, 0) is 32.0 Å². The second kappa shape index (κ2) is 5.91. The molecule has 21 heavy (non-hydrogen) atoms. The first-order valence-corrected chi connectivity index (χ1v) is 7.02. The number of β-amino-alcohol motifs (C(OH)–C–C–N with tert-alkyl or cyclic N) is 1. The van der Waals surface area contributed by atoms with Crippen molar-refractivity contribution < 1.29 is 20.1 Å². The van der Waals surface area contributed by atoms with Crippen LogP contribution in [0.3, 0.4) is 0 Å². The number of piperazine rings is 1. The van der Waals surface area contributed by atoms with Crippen LogP contribution in [-0.4, -0.2) is 69.4 Å². The maximum atomic E-state index is 12.4. The summed E-state index contributed by atoms with van der Waals surface area (Å²) in [5.74, 6) is -0.458. The van der Waals surface area contributed by atoms with Crippen LogP contribution in [0.1, 0.15) is 24.2 Å². The van der Waals surface area contributed by atoms with E-state index in [2.05, 4.69) is 4.90 Å². The Bertz CT molecular complexity index is 517. The predicted molar refractivity (Wildman–Crippen MR) is 78.4 cm³/mol. The van der Waals surface area contributed by atoms with E-state index in [1.807, 2.05) is 0 Å². The maximum absolute atomic E-state index is 12.4. The summed E-state index contributed by atoms with van der Waals surface area (Å²) in [5, 5.41) is 29.0. The van der Waals surface area contributed by atoms with Gasteiger partial charge in [-0.15, -0.1) is 0 Å². The third-order valence-electron chi connectivity index (χ3n) is 3.48. The first-order valence-electron chi connectivity index (χ1n) is 7.02. The highest BCUT2D eigenvalue weighted by Gasteiger charge is 2.26. The van der Waals surface area contributed by atoms with E-state index in [0.29, 0.717) is 32.7 Å². The summed E-state index contributed by atoms with van der Waals surface area (Å²) in [7, 11) is 0. The van der Waals surface area contributed by atoms with Crippen LogP contribution in [0.5, 0.6) is 11.5 Å². The molecule has 1 aliphatic rings. The number of rotatable bonds is 3. The van der Waals surface area contributed by atoms with E-state index in [4.69, 9.17) is 0 Å². The molecule has 1 aromatic carbocycles. The molecule has 0 radical (unpaired) electrons. The Kier molecular flexibility index (Phi) is 4.39. The Labute approximate surface area is 124 Å². The Hall–Kier alpha value is -1.79. The van der Waals surface area contributed by atoms with Crippen molar-refractivity contribution in [2.45, 2.75) is 19.4 Å². The van der Waals surface area contributed by atoms with Crippen molar-refractivity contribution in [3.63, 3.8) is 0 Å². The zero-order valence-electron chi connectivity index (χ0n) is 12.4. The molecule has 1 amide bonds. The zero-order chi connectivity index (χ0) is 15.6. The fourth-order valence-electron chi connectivity index (χ4n) is 2.52. The summed E-state index contributed by atoms with van der Waals surface area (Å²) >= 11 is 0. The Morgan fingerprint density at radius 2 is 1.81 bits per heavy atom. The number of carbonyl (C=O) groups is 1. The molecule has 1 aromatic rings. The van der Waals surface area contributed by atoms with Crippen LogP contribution in [0.4, 0.5) is 0 Å². The minimum atomic E-state index is -0.754. The van der Waals surface area contributed by atoms with Gasteiger partial charge in [0.1, 0.15) is 11.5 Å². The first-order chi connectivity index (χ1) is 9.76. The number of phenols is 2. The standard InChI is InChI=1S/C15H22N2O4/c1-15(2,21)10-16-5-7-17(8-6-16)14(20)12-9-11(18)3-4-13(12)19/h3-4,9,18-19,21H,5-8,10H2,1-2H3. The van der Waals surface area contributed by atoms with Crippen LogP contribution in [-0.2, 0) is 0 Å². The average molecular weight is 294 g/mol. The first kappa shape index (κ1) is 15.6. The van der Waals surface area contributed by atoms with E-state index in [1.165, 1.54) is 18.2 Å². The van der Waals surface area contributed by atoms with E-state index in [9.17, 15) is 20.1 Å². The smallest absolute Gasteiger partial charge is 0.257 e. The van der Waals surface area contributed by atoms with Crippen LogP contribution in [0.25, 0.3) is 0 Å². The molecule has 0 spiro atoms. The van der Waals surface area contributed by atoms with E-state index in [-0.39, 0.29) is 23.0 Å². The minimum absolute atomic E-state index is 0.0446. The van der Waals surface area contributed by atoms with Crippen molar-refractivity contribution in [2.24, 2.45) is 0 Å². The van der Waals surface area contributed by atoms with Crippen molar-refractivity contribution >= 4 is 5.91 Å². The van der Waals surface area contributed by atoms with Crippen molar-refractivity contribution in [3.8, 4) is 11.5 Å². The number of hydrogen-bond donors (Lipinski definition) is 3. The summed E-state index contributed by atoms with van der Waals surface area (Å²) < 4.78 is 0. The molecule has 0 saturated carbocycles. The van der Waals surface area contributed by atoms with Crippen molar-refractivity contribution in [1.82, 2.24) is 9.80 Å². The summed E-state index contributed by atoms with van der Waals surface area (Å²) in [6.07, 6.45) is 0. The highest BCUT2D eigenvalue weighted by atomic mass is 16.3. The van der Waals surface area contributed by atoms with Gasteiger partial charge in [0, 0.05) is 32.7 Å². The van der Waals surface area contributed by atoms with Gasteiger partial charge in [-0.1, -0.05) is 0 Å². The lowest BCUT2D eigenvalue weighted by Gasteiger charge is -2.37. The molecule has 0 bridgehead atoms. The molecule has 1 saturated heterocycles. The van der Waals surface area contributed by atoms with Gasteiger partial charge < -0.3 is 20.2 Å². The molecule has 0 atom stereocenters. The summed E-state index contributed by atoms with van der Waals surface area (Å²) in [5.41, 5.74) is -0.638. The van der Waals surface area contributed by atoms with Crippen molar-refractivity contribution in [2.75, 3.05) is 32.7 Å². The highest BCUT2D eigenvalue weighted by Crippen LogP contribution is 2.24. The van der Waals surface area contributed by atoms with Crippen LogP contribution in [0.2, 0.25) is 0 Å². The molecular weight excluding hydrogens is 272 g/mol. The number of amides is 1. The van der Waals surface area contributed by atoms with E-state index >= 15 is 0 Å². The van der Waals surface area contributed by atoms with E-state index in [1.54, 1.807) is 18.7 Å². The Morgan fingerprint density at radius 3 is 2.38 bits per heavy atom. The van der Waals surface area contributed by atoms with Gasteiger partial charge in [-0.3, -0.25) is 9.69 Å². The molecule has 6 nitrogen and oxygen atoms in total. The van der Waals surface area contributed by atoms with Gasteiger partial charge in [0.15, 0.2) is 0 Å². The third kappa shape index (κ3) is 4.09. The summed E-state index contributed by atoms with van der Waals surface area (Å²) in [4.78, 5) is 16.1. The lowest BCUT2D eigenvalue weighted by atomic mass is 10.1. The minimum Gasteiger partial charge on any atom is -0.508 e. The molecule has 0 aliphatic carbocycles. The normalized spacial score (nSPS) is 17.0. The van der Waals surface area contributed by atoms with E-state index < -0.39 is 5.60 Å². The monoisotopic (exact) mass is 294 g/mol. The highest BCUT2D eigenvalue weighted by molar-refractivity contribution is 5.97. The fourth-order valence-corrected chi connectivity index (χ4v) is 2.52. The molecule has 1 aliphatic heterocycles. The molecular formula is C15H22N2O4. The molecule has 0 aromatic heterocycles. The van der Waals surface area contributed by atoms with Gasteiger partial charge in [0.2, 0.25) is 0 Å². The number of hydrogen-bond acceptors (Lipinski definition) is 5. The van der Waals surface area contributed by atoms with Crippen molar-refractivity contribution in [3.05, 3.63) is 23.8 Å². The molecule has 116 valence electrons. The lowest BCUT2D eigenvalue weighted by molar-refractivity contribution is 0.0178. The number of benzene rings is 1. The molecule has 2 rings (SSSR count). The largest absolute Gasteiger partial charge is 0.508 e. The zero-order valence-corrected chi connectivity index (χ0v) is 12.4. The van der Waals surface area contributed by atoms with Crippen LogP contribution in [0, 0.1) is 0 Å². The van der Waals surface area contributed by atoms with Gasteiger partial charge in [-0.2, -0.15) is 0 Å². The van der Waals surface area contributed by atoms with Gasteiger partial charge in [0.05, 0.1) is 11.2 Å². The number of phenolic OH excluding ortho intramolecular Hbond substituents is 2. The molecule has 0 unspecified atom stereocenters. The summed E-state index contributed by atoms with van der Waals surface area (Å²) in [6.45, 7) is 6.50. The quantitative estimate of drug-likeness (QED) is 0.712. The molecule has 1 heterocycles. The number of aromatic hydroxyl groups is 2. The third-order valence-corrected chi connectivity index (χ3v) is 3.48. The van der Waals surface area contributed by atoms with Gasteiger partial charge >= 0.3 is 0 Å². The van der Waals surface area contributed by atoms with Gasteiger partial charge in [0.25, 0.3) is 5.91 Å². The Morgan fingerprint density at radius 1 is 1.19 bits per heavy atom. The molecule has 6 heteroatoms. The summed E-state index contributed by atoms with van der Waals surface area (Å²) in [6, 6.07) is 3.93. The van der Waals surface area contributed by atoms with Gasteiger partial charge in [-0.25, -0.2) is 0 Å². The van der Waals surface area contributed by atoms with Crippen LogP contribution < -0.4 is 0 Å². The number of nitrogens with zero attached hydrogens (tertiary/aromatic N) is 2. The topological polar surface area (TPSA) is 84.2 Å². The molecule has 3 N–H and O–H groups in total. The predicted octanol–water partition coefficient (Wildman–Crippen LogP) is 0.627. The second-order valence-electron chi connectivity index (χ2n) is 6.08. The number of aliphatic hydroxyl groups is 1. The van der Waals surface area contributed by atoms with Crippen molar-refractivity contribution in [1.29, 1.82) is 0 Å². The fraction of sp³-hybridized carbons (Fsp3) is 0.533. The van der Waals surface area contributed by atoms with E-state index in [0.717, 1.165) is 0 Å². The lowest BCUT2D eigenvalue weighted by Crippen LogP contribution is -2.52. The SMILES string of the molecule is CC(C)(O)CN1CCN(C(=O)c2cc(O)ccc2O)CC1. The maximum Gasteiger partial charge on any atom is 0.257 e.